The van der Waals surface area contributed by atoms with Crippen molar-refractivity contribution in [2.45, 2.75) is 12.8 Å². The summed E-state index contributed by atoms with van der Waals surface area (Å²) in [6.07, 6.45) is 6.73. The van der Waals surface area contributed by atoms with E-state index >= 15 is 0 Å². The molecule has 0 saturated carbocycles. The molecule has 0 radical (unpaired) electrons. The molecule has 0 bridgehead atoms. The predicted molar refractivity (Wildman–Crippen MR) is 137 cm³/mol. The van der Waals surface area contributed by atoms with Crippen LogP contribution in [0.2, 0.25) is 0 Å². The Balaban J connectivity index is 1.54. The molecule has 2 heterocycles. The van der Waals surface area contributed by atoms with Gasteiger partial charge in [0.1, 0.15) is 17.2 Å². The van der Waals surface area contributed by atoms with E-state index in [0.29, 0.717) is 29.9 Å². The van der Waals surface area contributed by atoms with Crippen LogP contribution in [0.1, 0.15) is 33.8 Å². The number of benzene rings is 3. The van der Waals surface area contributed by atoms with E-state index in [9.17, 15) is 10.2 Å². The highest BCUT2D eigenvalue weighted by Gasteiger charge is 2.17. The van der Waals surface area contributed by atoms with Crippen LogP contribution in [0.5, 0.6) is 17.4 Å². The van der Waals surface area contributed by atoms with Gasteiger partial charge < -0.3 is 14.9 Å². The van der Waals surface area contributed by atoms with Gasteiger partial charge >= 0.3 is 0 Å². The number of imidazole rings is 1. The van der Waals surface area contributed by atoms with Crippen molar-refractivity contribution >= 4 is 17.8 Å². The van der Waals surface area contributed by atoms with E-state index in [2.05, 4.69) is 12.1 Å². The van der Waals surface area contributed by atoms with Crippen molar-refractivity contribution in [2.75, 3.05) is 7.11 Å². The fourth-order valence-electron chi connectivity index (χ4n) is 3.97. The molecule has 0 atom stereocenters. The van der Waals surface area contributed by atoms with E-state index in [1.165, 1.54) is 0 Å². The van der Waals surface area contributed by atoms with Gasteiger partial charge in [-0.2, -0.15) is 0 Å². The SMILES string of the molecule is COc1ccc(/C=C/c2cn3c(O)c(Cc4ccc(O)cc4)nc3c(Cc3ccccc3)n2)cc1. The number of fused-ring (bicyclic) bond motifs is 1. The van der Waals surface area contributed by atoms with E-state index < -0.39 is 0 Å². The van der Waals surface area contributed by atoms with Crippen molar-refractivity contribution in [3.63, 3.8) is 0 Å². The number of methoxy groups -OCH3 is 1. The van der Waals surface area contributed by atoms with Crippen LogP contribution in [-0.2, 0) is 12.8 Å². The standard InChI is InChI=1S/C29H25N3O3/c1-35-25-15-10-20(11-16-25)7-12-23-19-32-28(26(30-23)17-21-5-3-2-4-6-21)31-27(29(32)34)18-22-8-13-24(33)14-9-22/h2-16,19,33-34H,17-18H2,1H3/b12-7+. The van der Waals surface area contributed by atoms with Crippen LogP contribution in [0.15, 0.2) is 85.1 Å². The van der Waals surface area contributed by atoms with Crippen LogP contribution in [0.3, 0.4) is 0 Å². The maximum Gasteiger partial charge on any atom is 0.219 e. The molecule has 3 aromatic carbocycles. The lowest BCUT2D eigenvalue weighted by atomic mass is 10.1. The Kier molecular flexibility index (Phi) is 6.18. The Morgan fingerprint density at radius 3 is 2.17 bits per heavy atom. The summed E-state index contributed by atoms with van der Waals surface area (Å²) >= 11 is 0. The molecule has 0 aliphatic rings. The number of rotatable bonds is 7. The number of ether oxygens (including phenoxy) is 1. The number of hydrogen-bond donors (Lipinski definition) is 2. The van der Waals surface area contributed by atoms with Gasteiger partial charge in [0.05, 0.1) is 18.5 Å². The molecule has 0 saturated heterocycles. The summed E-state index contributed by atoms with van der Waals surface area (Å²) in [5.74, 6) is 1.09. The smallest absolute Gasteiger partial charge is 0.219 e. The van der Waals surface area contributed by atoms with Crippen LogP contribution >= 0.6 is 0 Å². The first-order chi connectivity index (χ1) is 17.1. The molecule has 174 valence electrons. The molecular formula is C29H25N3O3. The fourth-order valence-corrected chi connectivity index (χ4v) is 3.97. The molecule has 5 rings (SSSR count). The quantitative estimate of drug-likeness (QED) is 0.333. The van der Waals surface area contributed by atoms with E-state index in [4.69, 9.17) is 14.7 Å². The summed E-state index contributed by atoms with van der Waals surface area (Å²) in [6, 6.07) is 24.8. The van der Waals surface area contributed by atoms with Crippen LogP contribution in [0, 0.1) is 0 Å². The van der Waals surface area contributed by atoms with Crippen molar-refractivity contribution in [1.82, 2.24) is 14.4 Å². The first-order valence-electron chi connectivity index (χ1n) is 11.3. The van der Waals surface area contributed by atoms with E-state index in [1.807, 2.05) is 66.7 Å². The molecule has 35 heavy (non-hydrogen) atoms. The van der Waals surface area contributed by atoms with Crippen molar-refractivity contribution in [3.05, 3.63) is 119 Å². The van der Waals surface area contributed by atoms with Crippen molar-refractivity contribution in [2.24, 2.45) is 0 Å². The molecule has 0 spiro atoms. The molecule has 6 nitrogen and oxygen atoms in total. The summed E-state index contributed by atoms with van der Waals surface area (Å²) < 4.78 is 6.93. The molecule has 6 heteroatoms. The average Bonchev–Trinajstić information content (AvgIpc) is 3.20. The van der Waals surface area contributed by atoms with Gasteiger partial charge in [0.2, 0.25) is 5.88 Å². The van der Waals surface area contributed by atoms with Crippen LogP contribution in [0.25, 0.3) is 17.8 Å². The van der Waals surface area contributed by atoms with Gasteiger partial charge in [-0.05, 0) is 47.0 Å². The molecule has 0 amide bonds. The maximum atomic E-state index is 11.0. The molecular weight excluding hydrogens is 438 g/mol. The van der Waals surface area contributed by atoms with Gasteiger partial charge in [-0.25, -0.2) is 9.97 Å². The van der Waals surface area contributed by atoms with Crippen molar-refractivity contribution in [3.8, 4) is 17.4 Å². The van der Waals surface area contributed by atoms with Gasteiger partial charge in [-0.3, -0.25) is 4.40 Å². The summed E-state index contributed by atoms with van der Waals surface area (Å²) in [5, 5.41) is 20.6. The third kappa shape index (κ3) is 5.01. The number of aromatic hydroxyl groups is 2. The van der Waals surface area contributed by atoms with E-state index in [0.717, 1.165) is 28.1 Å². The molecule has 0 aliphatic carbocycles. The minimum atomic E-state index is 0.0869. The highest BCUT2D eigenvalue weighted by molar-refractivity contribution is 5.69. The second kappa shape index (κ2) is 9.73. The number of phenolic OH excluding ortho intramolecular Hbond substituents is 1. The largest absolute Gasteiger partial charge is 0.508 e. The van der Waals surface area contributed by atoms with Gasteiger partial charge in [0.15, 0.2) is 5.65 Å². The average molecular weight is 464 g/mol. The van der Waals surface area contributed by atoms with E-state index in [1.54, 1.807) is 29.8 Å². The lowest BCUT2D eigenvalue weighted by Gasteiger charge is -2.06. The Labute approximate surface area is 203 Å². The molecule has 0 aliphatic heterocycles. The summed E-state index contributed by atoms with van der Waals surface area (Å²) in [4.78, 5) is 9.63. The van der Waals surface area contributed by atoms with Gasteiger partial charge in [0.25, 0.3) is 0 Å². The van der Waals surface area contributed by atoms with Gasteiger partial charge in [-0.1, -0.05) is 60.7 Å². The molecule has 0 fully saturated rings. The van der Waals surface area contributed by atoms with Crippen molar-refractivity contribution < 1.29 is 14.9 Å². The lowest BCUT2D eigenvalue weighted by molar-refractivity contribution is 0.415. The molecule has 2 aromatic heterocycles. The monoisotopic (exact) mass is 463 g/mol. The third-order valence-electron chi connectivity index (χ3n) is 5.82. The normalized spacial score (nSPS) is 11.3. The van der Waals surface area contributed by atoms with Gasteiger partial charge in [0, 0.05) is 19.0 Å². The minimum Gasteiger partial charge on any atom is -0.508 e. The molecule has 5 aromatic rings. The topological polar surface area (TPSA) is 79.9 Å². The zero-order chi connectivity index (χ0) is 24.2. The Morgan fingerprint density at radius 2 is 1.46 bits per heavy atom. The number of aromatic nitrogens is 3. The van der Waals surface area contributed by atoms with Crippen LogP contribution < -0.4 is 4.74 Å². The van der Waals surface area contributed by atoms with Crippen LogP contribution in [-0.4, -0.2) is 31.7 Å². The first kappa shape index (κ1) is 22.2. The number of hydrogen-bond acceptors (Lipinski definition) is 5. The second-order valence-corrected chi connectivity index (χ2v) is 8.30. The maximum absolute atomic E-state index is 11.0. The Morgan fingerprint density at radius 1 is 0.771 bits per heavy atom. The van der Waals surface area contributed by atoms with Gasteiger partial charge in [-0.15, -0.1) is 0 Å². The Hall–Kier alpha value is -4.58. The number of phenols is 1. The minimum absolute atomic E-state index is 0.0869. The summed E-state index contributed by atoms with van der Waals surface area (Å²) in [5.41, 5.74) is 5.74. The lowest BCUT2D eigenvalue weighted by Crippen LogP contribution is -2.00. The molecule has 2 N–H and O–H groups in total. The first-order valence-corrected chi connectivity index (χ1v) is 11.3. The molecule has 0 unspecified atom stereocenters. The number of nitrogens with zero attached hydrogens (tertiary/aromatic N) is 3. The zero-order valence-electron chi connectivity index (χ0n) is 19.3. The van der Waals surface area contributed by atoms with E-state index in [-0.39, 0.29) is 11.6 Å². The Bertz CT molecular complexity index is 1470. The van der Waals surface area contributed by atoms with Crippen LogP contribution in [0.4, 0.5) is 0 Å². The zero-order valence-corrected chi connectivity index (χ0v) is 19.3. The summed E-state index contributed by atoms with van der Waals surface area (Å²) in [6.45, 7) is 0. The second-order valence-electron chi connectivity index (χ2n) is 8.30. The fraction of sp³-hybridized carbons (Fsp3) is 0.103. The predicted octanol–water partition coefficient (Wildman–Crippen LogP) is 5.50. The third-order valence-corrected chi connectivity index (χ3v) is 5.82. The summed E-state index contributed by atoms with van der Waals surface area (Å²) in [7, 11) is 1.64. The highest BCUT2D eigenvalue weighted by Crippen LogP contribution is 2.26. The van der Waals surface area contributed by atoms with Crippen molar-refractivity contribution in [1.29, 1.82) is 0 Å². The highest BCUT2D eigenvalue weighted by atomic mass is 16.5.